The van der Waals surface area contributed by atoms with E-state index >= 15 is 0 Å². The quantitative estimate of drug-likeness (QED) is 0.855. The maximum Gasteiger partial charge on any atom is 0.125 e. The Morgan fingerprint density at radius 3 is 2.71 bits per heavy atom. The van der Waals surface area contributed by atoms with Gasteiger partial charge in [-0.1, -0.05) is 36.7 Å². The van der Waals surface area contributed by atoms with Crippen LogP contribution in [-0.4, -0.2) is 13.7 Å². The van der Waals surface area contributed by atoms with E-state index in [1.54, 1.807) is 25.3 Å². The second-order valence-electron chi connectivity index (χ2n) is 4.83. The molecule has 2 rings (SSSR count). The fraction of sp³-hybridized carbons (Fsp3) is 0.294. The lowest BCUT2D eigenvalue weighted by molar-refractivity contribution is 0.399. The van der Waals surface area contributed by atoms with Gasteiger partial charge in [-0.25, -0.2) is 4.39 Å². The highest BCUT2D eigenvalue weighted by Crippen LogP contribution is 2.30. The van der Waals surface area contributed by atoms with Crippen molar-refractivity contribution in [1.82, 2.24) is 5.32 Å². The number of nitrogens with one attached hydrogen (secondary N) is 1. The number of methoxy groups -OCH3 is 1. The van der Waals surface area contributed by atoms with Crippen molar-refractivity contribution in [1.29, 1.82) is 0 Å². The summed E-state index contributed by atoms with van der Waals surface area (Å²) in [6.07, 6.45) is 0.684. The maximum absolute atomic E-state index is 13.3. The van der Waals surface area contributed by atoms with Crippen LogP contribution in [0.2, 0.25) is 5.02 Å². The van der Waals surface area contributed by atoms with Gasteiger partial charge in [-0.3, -0.25) is 0 Å². The van der Waals surface area contributed by atoms with Gasteiger partial charge in [0.2, 0.25) is 0 Å². The minimum atomic E-state index is -0.217. The van der Waals surface area contributed by atoms with Crippen molar-refractivity contribution >= 4 is 11.6 Å². The minimum Gasteiger partial charge on any atom is -0.496 e. The van der Waals surface area contributed by atoms with Gasteiger partial charge in [0.15, 0.2) is 0 Å². The van der Waals surface area contributed by atoms with Crippen LogP contribution in [0.4, 0.5) is 4.39 Å². The molecular formula is C17H19ClFNO. The Morgan fingerprint density at radius 1 is 1.24 bits per heavy atom. The van der Waals surface area contributed by atoms with E-state index in [2.05, 4.69) is 5.32 Å². The summed E-state index contributed by atoms with van der Waals surface area (Å²) in [5, 5.41) is 4.05. The lowest BCUT2D eigenvalue weighted by Crippen LogP contribution is -2.23. The summed E-state index contributed by atoms with van der Waals surface area (Å²) in [6.45, 7) is 2.85. The standard InChI is InChI=1S/C17H19ClFNO/c1-3-20-16(10-12-5-4-6-14(19)9-12)15-8-7-13(18)11-17(15)21-2/h4-9,11,16,20H,3,10H2,1-2H3. The summed E-state index contributed by atoms with van der Waals surface area (Å²) < 4.78 is 18.8. The highest BCUT2D eigenvalue weighted by atomic mass is 35.5. The molecule has 2 nitrogen and oxygen atoms in total. The first-order valence-electron chi connectivity index (χ1n) is 6.95. The summed E-state index contributed by atoms with van der Waals surface area (Å²) in [4.78, 5) is 0. The molecule has 0 aromatic heterocycles. The van der Waals surface area contributed by atoms with Gasteiger partial charge in [0.05, 0.1) is 7.11 Å². The van der Waals surface area contributed by atoms with Gasteiger partial charge in [0.25, 0.3) is 0 Å². The van der Waals surface area contributed by atoms with E-state index < -0.39 is 0 Å². The molecule has 112 valence electrons. The van der Waals surface area contributed by atoms with Crippen LogP contribution < -0.4 is 10.1 Å². The second kappa shape index (κ2) is 7.43. The first-order chi connectivity index (χ1) is 10.1. The molecule has 2 aromatic rings. The zero-order valence-electron chi connectivity index (χ0n) is 12.2. The second-order valence-corrected chi connectivity index (χ2v) is 5.27. The average Bonchev–Trinajstić information content (AvgIpc) is 2.47. The van der Waals surface area contributed by atoms with Crippen LogP contribution in [-0.2, 0) is 6.42 Å². The van der Waals surface area contributed by atoms with Crippen LogP contribution in [0.15, 0.2) is 42.5 Å². The van der Waals surface area contributed by atoms with Crippen molar-refractivity contribution in [2.24, 2.45) is 0 Å². The molecule has 2 aromatic carbocycles. The number of benzene rings is 2. The third-order valence-corrected chi connectivity index (χ3v) is 3.59. The molecule has 0 aliphatic heterocycles. The van der Waals surface area contributed by atoms with Crippen molar-refractivity contribution in [2.45, 2.75) is 19.4 Å². The molecule has 0 bridgehead atoms. The van der Waals surface area contributed by atoms with Crippen LogP contribution in [0.1, 0.15) is 24.1 Å². The first kappa shape index (κ1) is 15.8. The SMILES string of the molecule is CCNC(Cc1cccc(F)c1)c1ccc(Cl)cc1OC. The zero-order valence-corrected chi connectivity index (χ0v) is 13.0. The number of hydrogen-bond acceptors (Lipinski definition) is 2. The Bertz CT molecular complexity index is 603. The third kappa shape index (κ3) is 4.19. The molecule has 1 N–H and O–H groups in total. The Kier molecular flexibility index (Phi) is 5.59. The summed E-state index contributed by atoms with van der Waals surface area (Å²) in [6, 6.07) is 12.3. The van der Waals surface area contributed by atoms with Gasteiger partial charge in [-0.05, 0) is 42.8 Å². The van der Waals surface area contributed by atoms with Crippen LogP contribution in [0.25, 0.3) is 0 Å². The van der Waals surface area contributed by atoms with E-state index in [9.17, 15) is 4.39 Å². The third-order valence-electron chi connectivity index (χ3n) is 3.35. The van der Waals surface area contributed by atoms with Crippen LogP contribution in [0, 0.1) is 5.82 Å². The molecule has 4 heteroatoms. The monoisotopic (exact) mass is 307 g/mol. The van der Waals surface area contributed by atoms with Gasteiger partial charge < -0.3 is 10.1 Å². The Balaban J connectivity index is 2.30. The van der Waals surface area contributed by atoms with Crippen molar-refractivity contribution in [3.63, 3.8) is 0 Å². The largest absolute Gasteiger partial charge is 0.496 e. The Morgan fingerprint density at radius 2 is 2.05 bits per heavy atom. The topological polar surface area (TPSA) is 21.3 Å². The predicted molar refractivity (Wildman–Crippen MR) is 84.5 cm³/mol. The normalized spacial score (nSPS) is 12.2. The van der Waals surface area contributed by atoms with Gasteiger partial charge in [-0.2, -0.15) is 0 Å². The van der Waals surface area contributed by atoms with Crippen molar-refractivity contribution in [3.05, 3.63) is 64.4 Å². The molecule has 0 radical (unpaired) electrons. The van der Waals surface area contributed by atoms with Gasteiger partial charge >= 0.3 is 0 Å². The number of likely N-dealkylation sites (N-methyl/N-ethyl adjacent to an activating group) is 1. The van der Waals surface area contributed by atoms with E-state index in [0.29, 0.717) is 11.4 Å². The number of ether oxygens (including phenoxy) is 1. The van der Waals surface area contributed by atoms with Gasteiger partial charge in [-0.15, -0.1) is 0 Å². The highest BCUT2D eigenvalue weighted by molar-refractivity contribution is 6.30. The molecule has 0 spiro atoms. The van der Waals surface area contributed by atoms with E-state index in [4.69, 9.17) is 16.3 Å². The first-order valence-corrected chi connectivity index (χ1v) is 7.33. The molecule has 0 fully saturated rings. The molecular weight excluding hydrogens is 289 g/mol. The molecule has 0 aliphatic carbocycles. The summed E-state index contributed by atoms with van der Waals surface area (Å²) in [5.74, 6) is 0.524. The lowest BCUT2D eigenvalue weighted by atomic mass is 9.98. The Labute approximate surface area is 129 Å². The van der Waals surface area contributed by atoms with Crippen LogP contribution >= 0.6 is 11.6 Å². The summed E-state index contributed by atoms with van der Waals surface area (Å²) >= 11 is 6.01. The van der Waals surface area contributed by atoms with E-state index in [1.165, 1.54) is 6.07 Å². The fourth-order valence-electron chi connectivity index (χ4n) is 2.41. The van der Waals surface area contributed by atoms with Crippen molar-refractivity contribution in [2.75, 3.05) is 13.7 Å². The molecule has 0 aliphatic rings. The van der Waals surface area contributed by atoms with E-state index in [1.807, 2.05) is 25.1 Å². The van der Waals surface area contributed by atoms with E-state index in [-0.39, 0.29) is 11.9 Å². The molecule has 0 heterocycles. The number of halogens is 2. The fourth-order valence-corrected chi connectivity index (χ4v) is 2.57. The van der Waals surface area contributed by atoms with Crippen LogP contribution in [0.3, 0.4) is 0 Å². The van der Waals surface area contributed by atoms with Gasteiger partial charge in [0, 0.05) is 16.6 Å². The smallest absolute Gasteiger partial charge is 0.125 e. The summed E-state index contributed by atoms with van der Waals surface area (Å²) in [5.41, 5.74) is 1.96. The minimum absolute atomic E-state index is 0.0454. The Hall–Kier alpha value is -1.58. The van der Waals surface area contributed by atoms with Crippen LogP contribution in [0.5, 0.6) is 5.75 Å². The van der Waals surface area contributed by atoms with Gasteiger partial charge in [0.1, 0.15) is 11.6 Å². The van der Waals surface area contributed by atoms with Crippen molar-refractivity contribution < 1.29 is 9.13 Å². The van der Waals surface area contributed by atoms with Crippen molar-refractivity contribution in [3.8, 4) is 5.75 Å². The predicted octanol–water partition coefficient (Wildman–Crippen LogP) is 4.38. The molecule has 0 amide bonds. The zero-order chi connectivity index (χ0) is 15.2. The lowest BCUT2D eigenvalue weighted by Gasteiger charge is -2.21. The number of rotatable bonds is 6. The highest BCUT2D eigenvalue weighted by Gasteiger charge is 2.16. The average molecular weight is 308 g/mol. The number of hydrogen-bond donors (Lipinski definition) is 1. The molecule has 0 saturated carbocycles. The molecule has 21 heavy (non-hydrogen) atoms. The maximum atomic E-state index is 13.3. The molecule has 1 unspecified atom stereocenters. The molecule has 1 atom stereocenters. The summed E-state index contributed by atoms with van der Waals surface area (Å²) in [7, 11) is 1.63. The molecule has 0 saturated heterocycles. The van der Waals surface area contributed by atoms with E-state index in [0.717, 1.165) is 23.4 Å².